The Labute approximate surface area is 48.7 Å². The van der Waals surface area contributed by atoms with E-state index in [2.05, 4.69) is 0 Å². The summed E-state index contributed by atoms with van der Waals surface area (Å²) in [5.74, 6) is -0.920. The molecule has 0 aromatic rings. The van der Waals surface area contributed by atoms with E-state index in [0.29, 0.717) is 0 Å². The lowest BCUT2D eigenvalue weighted by molar-refractivity contribution is -0.137. The van der Waals surface area contributed by atoms with E-state index in [4.69, 9.17) is 6.48 Å². The monoisotopic (exact) mass is 117 g/mol. The van der Waals surface area contributed by atoms with Crippen LogP contribution in [0, 0.1) is 0 Å². The van der Waals surface area contributed by atoms with Gasteiger partial charge in [0.1, 0.15) is 7.63 Å². The minimum absolute atomic E-state index is 0.0232. The number of carboxylic acid groups (broad SMARTS) is 1. The van der Waals surface area contributed by atoms with Gasteiger partial charge in [0.15, 0.2) is 0 Å². The average Bonchev–Trinajstić information content (AvgIpc) is 1.63. The zero-order chi connectivity index (χ0) is 7.28. The summed E-state index contributed by atoms with van der Waals surface area (Å²) >= 11 is 0. The van der Waals surface area contributed by atoms with Crippen LogP contribution in [-0.2, 0) is 9.59 Å². The second kappa shape index (κ2) is 4.30. The molecule has 0 radical (unpaired) electrons. The molecule has 0 spiro atoms. The minimum atomic E-state index is -0.920. The fourth-order valence-corrected chi connectivity index (χ4v) is 0.312. The van der Waals surface area contributed by atoms with Crippen molar-refractivity contribution >= 4 is 12.2 Å². The van der Waals surface area contributed by atoms with Crippen molar-refractivity contribution in [2.24, 2.45) is 0 Å². The molecule has 0 amide bonds. The van der Waals surface area contributed by atoms with Crippen molar-refractivity contribution in [2.75, 3.05) is 0 Å². The molecule has 0 saturated carbocycles. The molecule has 3 heteroatoms. The molecule has 0 saturated heterocycles. The third-order valence-electron chi connectivity index (χ3n) is 0.669. The molecule has 0 unspecified atom stereocenters. The van der Waals surface area contributed by atoms with Crippen LogP contribution in [0.25, 0.3) is 0 Å². The Kier molecular flexibility index (Phi) is 2.84. The van der Waals surface area contributed by atoms with Crippen molar-refractivity contribution < 1.29 is 16.1 Å². The van der Waals surface area contributed by atoms with Crippen LogP contribution in [0.5, 0.6) is 0 Å². The van der Waals surface area contributed by atoms with E-state index in [1.807, 2.05) is 0 Å². The predicted octanol–water partition coefficient (Wildman–Crippen LogP) is 0.440. The Morgan fingerprint density at radius 3 is 2.88 bits per heavy atom. The molecule has 0 aliphatic heterocycles. The standard InChI is InChI=1S/C5H8O3/c6-4-2-1-3-5(7)8/h4H,1-3H2,(H,7,8)/i4D. The number of carbonyl (C=O) groups excluding carboxylic acids is 1. The summed E-state index contributed by atoms with van der Waals surface area (Å²) in [6.45, 7) is 0. The van der Waals surface area contributed by atoms with Crippen LogP contribution in [0.15, 0.2) is 0 Å². The zero-order valence-corrected chi connectivity index (χ0v) is 4.39. The fraction of sp³-hybridized carbons (Fsp3) is 0.600. The zero-order valence-electron chi connectivity index (χ0n) is 5.39. The van der Waals surface area contributed by atoms with Gasteiger partial charge in [0, 0.05) is 12.8 Å². The van der Waals surface area contributed by atoms with Crippen LogP contribution in [0.4, 0.5) is 0 Å². The normalized spacial score (nSPS) is 10.2. The van der Waals surface area contributed by atoms with Crippen LogP contribution in [0.2, 0.25) is 0 Å². The smallest absolute Gasteiger partial charge is 0.303 e. The number of carboxylic acids is 1. The summed E-state index contributed by atoms with van der Waals surface area (Å²) in [6.07, 6.45) is -0.398. The average molecular weight is 117 g/mol. The number of hydrogen-bond acceptors (Lipinski definition) is 2. The van der Waals surface area contributed by atoms with Crippen LogP contribution in [0.3, 0.4) is 0 Å². The summed E-state index contributed by atoms with van der Waals surface area (Å²) in [5.41, 5.74) is 0. The highest BCUT2D eigenvalue weighted by molar-refractivity contribution is 5.67. The maximum absolute atomic E-state index is 9.90. The second-order valence-electron chi connectivity index (χ2n) is 1.39. The predicted molar refractivity (Wildman–Crippen MR) is 27.6 cm³/mol. The van der Waals surface area contributed by atoms with Crippen molar-refractivity contribution in [2.45, 2.75) is 19.3 Å². The highest BCUT2D eigenvalue weighted by Gasteiger charge is 1.93. The lowest BCUT2D eigenvalue weighted by Gasteiger charge is -1.85. The first-order chi connectivity index (χ1) is 4.13. The topological polar surface area (TPSA) is 54.4 Å². The van der Waals surface area contributed by atoms with Crippen LogP contribution >= 0.6 is 0 Å². The molecule has 8 heavy (non-hydrogen) atoms. The fourth-order valence-electron chi connectivity index (χ4n) is 0.312. The van der Waals surface area contributed by atoms with Crippen LogP contribution < -0.4 is 0 Å². The van der Waals surface area contributed by atoms with E-state index in [1.165, 1.54) is 0 Å². The van der Waals surface area contributed by atoms with Gasteiger partial charge in [-0.05, 0) is 6.42 Å². The number of hydrogen-bond donors (Lipinski definition) is 1. The van der Waals surface area contributed by atoms with Gasteiger partial charge in [0.2, 0.25) is 0 Å². The van der Waals surface area contributed by atoms with E-state index in [-0.39, 0.29) is 19.3 Å². The molecule has 0 aliphatic carbocycles. The first-order valence-corrected chi connectivity index (χ1v) is 2.34. The largest absolute Gasteiger partial charge is 0.481 e. The lowest BCUT2D eigenvalue weighted by atomic mass is 10.2. The van der Waals surface area contributed by atoms with Crippen LogP contribution in [0.1, 0.15) is 20.6 Å². The first-order valence-electron chi connectivity index (χ1n) is 2.84. The van der Waals surface area contributed by atoms with Gasteiger partial charge in [-0.2, -0.15) is 0 Å². The van der Waals surface area contributed by atoms with Gasteiger partial charge in [-0.25, -0.2) is 0 Å². The Bertz CT molecular complexity index is 107. The van der Waals surface area contributed by atoms with E-state index in [0.717, 1.165) is 0 Å². The van der Waals surface area contributed by atoms with Crippen molar-refractivity contribution in [1.82, 2.24) is 0 Å². The van der Waals surface area contributed by atoms with Gasteiger partial charge in [0.05, 0.1) is 0 Å². The van der Waals surface area contributed by atoms with E-state index >= 15 is 0 Å². The van der Waals surface area contributed by atoms with Gasteiger partial charge in [0.25, 0.3) is 0 Å². The van der Waals surface area contributed by atoms with Gasteiger partial charge >= 0.3 is 5.97 Å². The van der Waals surface area contributed by atoms with Gasteiger partial charge in [-0.15, -0.1) is 0 Å². The third kappa shape index (κ3) is 5.14. The molecular weight excluding hydrogens is 108 g/mol. The number of aliphatic carboxylic acids is 1. The molecular formula is C5H8O3. The van der Waals surface area contributed by atoms with Gasteiger partial charge < -0.3 is 9.90 Å². The Morgan fingerprint density at radius 1 is 1.88 bits per heavy atom. The Balaban J connectivity index is 3.10. The molecule has 0 atom stereocenters. The van der Waals surface area contributed by atoms with Crippen molar-refractivity contribution in [3.8, 4) is 0 Å². The highest BCUT2D eigenvalue weighted by atomic mass is 16.4. The summed E-state index contributed by atoms with van der Waals surface area (Å²) in [6, 6.07) is 0. The summed E-state index contributed by atoms with van der Waals surface area (Å²) in [7, 11) is 0. The molecule has 0 fully saturated rings. The molecule has 0 rings (SSSR count). The second-order valence-corrected chi connectivity index (χ2v) is 1.39. The molecule has 1 N–H and O–H groups in total. The van der Waals surface area contributed by atoms with Crippen molar-refractivity contribution in [1.29, 1.82) is 0 Å². The first kappa shape index (κ1) is 5.28. The SMILES string of the molecule is [2H]C(=O)CCCC(=O)O. The number of rotatable bonds is 4. The Hall–Kier alpha value is -0.860. The van der Waals surface area contributed by atoms with Crippen LogP contribution in [-0.4, -0.2) is 17.3 Å². The van der Waals surface area contributed by atoms with E-state index in [1.54, 1.807) is 0 Å². The molecule has 0 aromatic carbocycles. The van der Waals surface area contributed by atoms with Crippen molar-refractivity contribution in [3.63, 3.8) is 0 Å². The summed E-state index contributed by atoms with van der Waals surface area (Å²) in [5, 5.41) is 8.05. The Morgan fingerprint density at radius 2 is 2.50 bits per heavy atom. The molecule has 0 heterocycles. The summed E-state index contributed by atoms with van der Waals surface area (Å²) in [4.78, 5) is 19.7. The minimum Gasteiger partial charge on any atom is -0.481 e. The molecule has 0 bridgehead atoms. The molecule has 3 nitrogen and oxygen atoms in total. The number of aldehydes is 1. The van der Waals surface area contributed by atoms with E-state index in [9.17, 15) is 9.59 Å². The summed E-state index contributed by atoms with van der Waals surface area (Å²) < 4.78 is 6.39. The lowest BCUT2D eigenvalue weighted by Crippen LogP contribution is -1.93. The third-order valence-corrected chi connectivity index (χ3v) is 0.669. The van der Waals surface area contributed by atoms with Gasteiger partial charge in [-0.1, -0.05) is 0 Å². The molecule has 46 valence electrons. The van der Waals surface area contributed by atoms with Crippen molar-refractivity contribution in [3.05, 3.63) is 0 Å². The highest BCUT2D eigenvalue weighted by Crippen LogP contribution is 1.90. The van der Waals surface area contributed by atoms with Gasteiger partial charge in [-0.3, -0.25) is 4.79 Å². The quantitative estimate of drug-likeness (QED) is 0.543. The maximum atomic E-state index is 9.90. The number of carbonyl (C=O) groups is 2. The molecule has 0 aliphatic rings. The van der Waals surface area contributed by atoms with E-state index < -0.39 is 12.2 Å². The maximum Gasteiger partial charge on any atom is 0.303 e. The molecule has 0 aromatic heterocycles.